The molecule has 150 valence electrons. The minimum absolute atomic E-state index is 0.227. The van der Waals surface area contributed by atoms with Gasteiger partial charge in [0.05, 0.1) is 6.61 Å². The molecule has 28 heavy (non-hydrogen) atoms. The maximum atomic E-state index is 11.6. The highest BCUT2D eigenvalue weighted by molar-refractivity contribution is 5.83. The second kappa shape index (κ2) is 7.73. The summed E-state index contributed by atoms with van der Waals surface area (Å²) < 4.78 is 4.97. The molecule has 0 aliphatic heterocycles. The number of carbonyl (C=O) groups is 1. The minimum Gasteiger partial charge on any atom is -0.463 e. The summed E-state index contributed by atoms with van der Waals surface area (Å²) in [4.78, 5) is 11.6. The molecule has 1 aromatic carbocycles. The maximum absolute atomic E-state index is 11.6. The van der Waals surface area contributed by atoms with Gasteiger partial charge in [0.2, 0.25) is 0 Å². The van der Waals surface area contributed by atoms with Crippen molar-refractivity contribution >= 4 is 11.5 Å². The Morgan fingerprint density at radius 2 is 1.79 bits per heavy atom. The number of ether oxygens (including phenoxy) is 1. The number of aryl methyl sites for hydroxylation is 1. The average molecular weight is 379 g/mol. The third kappa shape index (κ3) is 4.16. The normalized spacial score (nSPS) is 21.6. The SMILES string of the molecule is CCOC(=O)/C=C(C)/C=C/C=C1/CCCc2cc3c(cc21)C(C)(C)CC3(C)C. The zero-order valence-corrected chi connectivity index (χ0v) is 18.3. The highest BCUT2D eigenvalue weighted by Crippen LogP contribution is 2.51. The fourth-order valence-electron chi connectivity index (χ4n) is 5.08. The number of hydrogen-bond acceptors (Lipinski definition) is 2. The lowest BCUT2D eigenvalue weighted by molar-refractivity contribution is -0.137. The highest BCUT2D eigenvalue weighted by atomic mass is 16.5. The summed E-state index contributed by atoms with van der Waals surface area (Å²) in [5, 5.41) is 0. The molecule has 2 aliphatic carbocycles. The van der Waals surface area contributed by atoms with Crippen molar-refractivity contribution in [1.29, 1.82) is 0 Å². The molecular weight excluding hydrogens is 344 g/mol. The number of fused-ring (bicyclic) bond motifs is 2. The first-order valence-corrected chi connectivity index (χ1v) is 10.5. The van der Waals surface area contributed by atoms with Crippen LogP contribution in [-0.4, -0.2) is 12.6 Å². The second-order valence-corrected chi connectivity index (χ2v) is 9.54. The van der Waals surface area contributed by atoms with E-state index >= 15 is 0 Å². The third-order valence-electron chi connectivity index (χ3n) is 6.11. The number of rotatable bonds is 4. The van der Waals surface area contributed by atoms with Crippen LogP contribution in [0.15, 0.2) is 42.0 Å². The summed E-state index contributed by atoms with van der Waals surface area (Å²) in [5.74, 6) is -0.277. The van der Waals surface area contributed by atoms with E-state index in [1.54, 1.807) is 11.6 Å². The topological polar surface area (TPSA) is 26.3 Å². The molecule has 0 unspecified atom stereocenters. The monoisotopic (exact) mass is 378 g/mol. The molecule has 0 spiro atoms. The van der Waals surface area contributed by atoms with E-state index < -0.39 is 0 Å². The van der Waals surface area contributed by atoms with E-state index in [4.69, 9.17) is 4.74 Å². The standard InChI is InChI=1S/C26H34O2/c1-7-28-24(27)14-18(2)10-8-11-19-12-9-13-20-15-22-23(16-21(19)20)26(5,6)17-25(22,3)4/h8,10-11,14-16H,7,9,12-13,17H2,1-6H3/b10-8+,18-14+,19-11-. The van der Waals surface area contributed by atoms with Crippen molar-refractivity contribution in [3.63, 3.8) is 0 Å². The number of allylic oxidation sites excluding steroid dienone is 5. The Kier molecular flexibility index (Phi) is 5.70. The van der Waals surface area contributed by atoms with Crippen LogP contribution < -0.4 is 0 Å². The largest absolute Gasteiger partial charge is 0.463 e. The summed E-state index contributed by atoms with van der Waals surface area (Å²) in [6, 6.07) is 4.96. The quantitative estimate of drug-likeness (QED) is 0.343. The molecular formula is C26H34O2. The molecule has 0 atom stereocenters. The van der Waals surface area contributed by atoms with E-state index in [1.165, 1.54) is 41.5 Å². The van der Waals surface area contributed by atoms with Gasteiger partial charge < -0.3 is 4.74 Å². The Labute approximate surface area is 170 Å². The highest BCUT2D eigenvalue weighted by Gasteiger charge is 2.42. The first-order chi connectivity index (χ1) is 13.1. The molecule has 0 amide bonds. The van der Waals surface area contributed by atoms with Gasteiger partial charge in [0.15, 0.2) is 0 Å². The van der Waals surface area contributed by atoms with Gasteiger partial charge in [-0.15, -0.1) is 0 Å². The zero-order valence-electron chi connectivity index (χ0n) is 18.3. The molecule has 0 bridgehead atoms. The van der Waals surface area contributed by atoms with E-state index in [-0.39, 0.29) is 16.8 Å². The second-order valence-electron chi connectivity index (χ2n) is 9.54. The van der Waals surface area contributed by atoms with Crippen molar-refractivity contribution in [2.24, 2.45) is 0 Å². The third-order valence-corrected chi connectivity index (χ3v) is 6.11. The molecule has 0 radical (unpaired) electrons. The Morgan fingerprint density at radius 1 is 1.11 bits per heavy atom. The molecule has 2 heteroatoms. The van der Waals surface area contributed by atoms with Crippen molar-refractivity contribution in [3.8, 4) is 0 Å². The van der Waals surface area contributed by atoms with E-state index in [9.17, 15) is 4.79 Å². The predicted octanol–water partition coefficient (Wildman–Crippen LogP) is 6.43. The van der Waals surface area contributed by atoms with E-state index in [1.807, 2.05) is 19.9 Å². The van der Waals surface area contributed by atoms with Crippen molar-refractivity contribution in [3.05, 3.63) is 64.3 Å². The Balaban J connectivity index is 1.91. The lowest BCUT2D eigenvalue weighted by atomic mass is 9.80. The van der Waals surface area contributed by atoms with Crippen LogP contribution in [0.5, 0.6) is 0 Å². The zero-order chi connectivity index (χ0) is 20.5. The fraction of sp³-hybridized carbons (Fsp3) is 0.500. The van der Waals surface area contributed by atoms with Crippen molar-refractivity contribution in [1.82, 2.24) is 0 Å². The smallest absolute Gasteiger partial charge is 0.330 e. The van der Waals surface area contributed by atoms with Crippen LogP contribution in [0.25, 0.3) is 5.57 Å². The van der Waals surface area contributed by atoms with Crippen LogP contribution in [0, 0.1) is 0 Å². The summed E-state index contributed by atoms with van der Waals surface area (Å²) in [6.45, 7) is 13.7. The summed E-state index contributed by atoms with van der Waals surface area (Å²) >= 11 is 0. The van der Waals surface area contributed by atoms with Gasteiger partial charge in [-0.2, -0.15) is 0 Å². The molecule has 1 aromatic rings. The van der Waals surface area contributed by atoms with E-state index in [0.717, 1.165) is 12.0 Å². The van der Waals surface area contributed by atoms with Gasteiger partial charge in [-0.05, 0) is 83.8 Å². The lowest BCUT2D eigenvalue weighted by Crippen LogP contribution is -2.18. The molecule has 0 aromatic heterocycles. The van der Waals surface area contributed by atoms with Crippen LogP contribution in [-0.2, 0) is 26.8 Å². The van der Waals surface area contributed by atoms with Crippen molar-refractivity contribution < 1.29 is 9.53 Å². The summed E-state index contributed by atoms with van der Waals surface area (Å²) in [5.41, 5.74) is 8.78. The number of esters is 1. The van der Waals surface area contributed by atoms with Gasteiger partial charge >= 0.3 is 5.97 Å². The lowest BCUT2D eigenvalue weighted by Gasteiger charge is -2.25. The predicted molar refractivity (Wildman–Crippen MR) is 118 cm³/mol. The first kappa shape index (κ1) is 20.6. The van der Waals surface area contributed by atoms with E-state index in [2.05, 4.69) is 52.0 Å². The van der Waals surface area contributed by atoms with Crippen LogP contribution in [0.2, 0.25) is 0 Å². The number of hydrogen-bond donors (Lipinski definition) is 0. The molecule has 2 aliphatic rings. The van der Waals surface area contributed by atoms with Gasteiger partial charge in [-0.1, -0.05) is 58.1 Å². The fourth-order valence-corrected chi connectivity index (χ4v) is 5.08. The Morgan fingerprint density at radius 3 is 2.46 bits per heavy atom. The van der Waals surface area contributed by atoms with Crippen LogP contribution >= 0.6 is 0 Å². The van der Waals surface area contributed by atoms with Crippen LogP contribution in [0.3, 0.4) is 0 Å². The molecule has 0 heterocycles. The molecule has 2 nitrogen and oxygen atoms in total. The molecule has 0 saturated carbocycles. The minimum atomic E-state index is -0.277. The first-order valence-electron chi connectivity index (χ1n) is 10.5. The van der Waals surface area contributed by atoms with Gasteiger partial charge in [-0.3, -0.25) is 0 Å². The van der Waals surface area contributed by atoms with Gasteiger partial charge in [0.1, 0.15) is 0 Å². The van der Waals surface area contributed by atoms with Crippen molar-refractivity contribution in [2.75, 3.05) is 6.61 Å². The van der Waals surface area contributed by atoms with E-state index in [0.29, 0.717) is 6.61 Å². The van der Waals surface area contributed by atoms with Gasteiger partial charge in [0.25, 0.3) is 0 Å². The van der Waals surface area contributed by atoms with Crippen molar-refractivity contribution in [2.45, 2.75) is 78.1 Å². The number of carbonyl (C=O) groups excluding carboxylic acids is 1. The molecule has 0 fully saturated rings. The number of benzene rings is 1. The average Bonchev–Trinajstić information content (AvgIpc) is 2.78. The van der Waals surface area contributed by atoms with Crippen LogP contribution in [0.1, 0.15) is 83.1 Å². The molecule has 3 rings (SSSR count). The maximum Gasteiger partial charge on any atom is 0.330 e. The van der Waals surface area contributed by atoms with Gasteiger partial charge in [-0.25, -0.2) is 4.79 Å². The van der Waals surface area contributed by atoms with Crippen LogP contribution in [0.4, 0.5) is 0 Å². The Bertz CT molecular complexity index is 863. The molecule has 0 saturated heterocycles. The Hall–Kier alpha value is -2.09. The van der Waals surface area contributed by atoms with Gasteiger partial charge in [0, 0.05) is 6.08 Å². The molecule has 0 N–H and O–H groups in total. The summed E-state index contributed by atoms with van der Waals surface area (Å²) in [7, 11) is 0. The summed E-state index contributed by atoms with van der Waals surface area (Å²) in [6.07, 6.45) is 12.5.